The maximum Gasteiger partial charge on any atom is 0.315 e. The summed E-state index contributed by atoms with van der Waals surface area (Å²) >= 11 is 0. The van der Waals surface area contributed by atoms with E-state index >= 15 is 0 Å². The number of hydrogen-bond acceptors (Lipinski definition) is 3. The van der Waals surface area contributed by atoms with E-state index < -0.39 is 17.9 Å². The number of urea groups is 1. The summed E-state index contributed by atoms with van der Waals surface area (Å²) in [6.07, 6.45) is 0. The lowest BCUT2D eigenvalue weighted by molar-refractivity contribution is -0.140. The highest BCUT2D eigenvalue weighted by Crippen LogP contribution is 2.15. The van der Waals surface area contributed by atoms with Crippen molar-refractivity contribution in [2.24, 2.45) is 5.92 Å². The third kappa shape index (κ3) is 4.12. The van der Waals surface area contributed by atoms with Crippen molar-refractivity contribution in [1.82, 2.24) is 10.6 Å². The molecule has 0 spiro atoms. The first-order valence-corrected chi connectivity index (χ1v) is 5.73. The number of aliphatic carboxylic acids is 1. The number of carboxylic acid groups (broad SMARTS) is 1. The third-order valence-electron chi connectivity index (χ3n) is 2.53. The summed E-state index contributed by atoms with van der Waals surface area (Å²) in [6, 6.07) is 2.93. The molecule has 1 aromatic rings. The summed E-state index contributed by atoms with van der Waals surface area (Å²) < 4.78 is 5.37. The molecule has 0 aliphatic heterocycles. The Morgan fingerprint density at radius 2 is 2.06 bits per heavy atom. The second-order valence-corrected chi connectivity index (χ2v) is 4.26. The molecular weight excluding hydrogens is 236 g/mol. The first kappa shape index (κ1) is 14.1. The second-order valence-electron chi connectivity index (χ2n) is 4.26. The SMILES string of the molecule is Cc1ccc(C(C)NC(=O)NCC(C)C(=O)O)o1. The highest BCUT2D eigenvalue weighted by Gasteiger charge is 2.15. The monoisotopic (exact) mass is 254 g/mol. The van der Waals surface area contributed by atoms with Gasteiger partial charge < -0.3 is 20.2 Å². The minimum Gasteiger partial charge on any atom is -0.481 e. The Bertz CT molecular complexity index is 427. The zero-order valence-corrected chi connectivity index (χ0v) is 10.7. The Labute approximate surface area is 105 Å². The van der Waals surface area contributed by atoms with Gasteiger partial charge in [-0.2, -0.15) is 0 Å². The van der Waals surface area contributed by atoms with Gasteiger partial charge >= 0.3 is 12.0 Å². The van der Waals surface area contributed by atoms with Crippen molar-refractivity contribution in [2.45, 2.75) is 26.8 Å². The van der Waals surface area contributed by atoms with Gasteiger partial charge in [0.15, 0.2) is 0 Å². The summed E-state index contributed by atoms with van der Waals surface area (Å²) in [4.78, 5) is 22.1. The van der Waals surface area contributed by atoms with E-state index in [-0.39, 0.29) is 12.6 Å². The van der Waals surface area contributed by atoms with Crippen molar-refractivity contribution in [1.29, 1.82) is 0 Å². The number of hydrogen-bond donors (Lipinski definition) is 3. The standard InChI is InChI=1S/C12H18N2O4/c1-7(11(15)16)6-13-12(17)14-9(3)10-5-4-8(2)18-10/h4-5,7,9H,6H2,1-3H3,(H,15,16)(H2,13,14,17). The molecule has 0 saturated carbocycles. The van der Waals surface area contributed by atoms with Crippen LogP contribution in [0.3, 0.4) is 0 Å². The molecule has 1 heterocycles. The number of carbonyl (C=O) groups excluding carboxylic acids is 1. The maximum absolute atomic E-state index is 11.5. The fourth-order valence-corrected chi connectivity index (χ4v) is 1.34. The van der Waals surface area contributed by atoms with Gasteiger partial charge in [-0.3, -0.25) is 4.79 Å². The smallest absolute Gasteiger partial charge is 0.315 e. The quantitative estimate of drug-likeness (QED) is 0.745. The predicted octanol–water partition coefficient (Wildman–Crippen LogP) is 1.67. The van der Waals surface area contributed by atoms with E-state index in [1.807, 2.05) is 13.0 Å². The molecule has 0 fully saturated rings. The zero-order chi connectivity index (χ0) is 13.7. The average molecular weight is 254 g/mol. The molecule has 0 aliphatic rings. The van der Waals surface area contributed by atoms with Gasteiger partial charge in [0, 0.05) is 6.54 Å². The number of furan rings is 1. The Hall–Kier alpha value is -1.98. The van der Waals surface area contributed by atoms with Crippen LogP contribution in [-0.2, 0) is 4.79 Å². The van der Waals surface area contributed by atoms with Gasteiger partial charge in [0.25, 0.3) is 0 Å². The molecule has 2 amide bonds. The largest absolute Gasteiger partial charge is 0.481 e. The highest BCUT2D eigenvalue weighted by atomic mass is 16.4. The van der Waals surface area contributed by atoms with Crippen molar-refractivity contribution in [3.05, 3.63) is 23.7 Å². The van der Waals surface area contributed by atoms with Crippen LogP contribution >= 0.6 is 0 Å². The first-order chi connectivity index (χ1) is 8.40. The topological polar surface area (TPSA) is 91.6 Å². The van der Waals surface area contributed by atoms with Gasteiger partial charge in [-0.1, -0.05) is 6.92 Å². The van der Waals surface area contributed by atoms with Crippen molar-refractivity contribution >= 4 is 12.0 Å². The number of nitrogens with one attached hydrogen (secondary N) is 2. The Morgan fingerprint density at radius 3 is 2.56 bits per heavy atom. The summed E-state index contributed by atoms with van der Waals surface area (Å²) in [6.45, 7) is 5.23. The summed E-state index contributed by atoms with van der Waals surface area (Å²) in [7, 11) is 0. The van der Waals surface area contributed by atoms with Gasteiger partial charge in [-0.05, 0) is 26.0 Å². The van der Waals surface area contributed by atoms with Crippen molar-refractivity contribution < 1.29 is 19.1 Å². The summed E-state index contributed by atoms with van der Waals surface area (Å²) in [5.41, 5.74) is 0. The maximum atomic E-state index is 11.5. The molecule has 3 N–H and O–H groups in total. The van der Waals surface area contributed by atoms with Gasteiger partial charge in [0.05, 0.1) is 12.0 Å². The van der Waals surface area contributed by atoms with Gasteiger partial charge in [-0.15, -0.1) is 0 Å². The highest BCUT2D eigenvalue weighted by molar-refractivity contribution is 5.76. The number of rotatable bonds is 5. The minimum absolute atomic E-state index is 0.0884. The zero-order valence-electron chi connectivity index (χ0n) is 10.7. The van der Waals surface area contributed by atoms with E-state index in [2.05, 4.69) is 10.6 Å². The molecule has 0 bridgehead atoms. The van der Waals surface area contributed by atoms with Crippen LogP contribution < -0.4 is 10.6 Å². The van der Waals surface area contributed by atoms with Crippen molar-refractivity contribution in [3.8, 4) is 0 Å². The predicted molar refractivity (Wildman–Crippen MR) is 65.2 cm³/mol. The third-order valence-corrected chi connectivity index (χ3v) is 2.53. The molecule has 6 heteroatoms. The number of amides is 2. The van der Waals surface area contributed by atoms with E-state index in [9.17, 15) is 9.59 Å². The van der Waals surface area contributed by atoms with Crippen molar-refractivity contribution in [2.75, 3.05) is 6.54 Å². The molecule has 18 heavy (non-hydrogen) atoms. The Balaban J connectivity index is 2.38. The van der Waals surface area contributed by atoms with Gasteiger partial charge in [0.1, 0.15) is 11.5 Å². The van der Waals surface area contributed by atoms with E-state index in [1.165, 1.54) is 6.92 Å². The van der Waals surface area contributed by atoms with Crippen LogP contribution in [0, 0.1) is 12.8 Å². The van der Waals surface area contributed by atoms with Crippen LogP contribution in [0.1, 0.15) is 31.4 Å². The molecule has 0 aromatic carbocycles. The Morgan fingerprint density at radius 1 is 1.39 bits per heavy atom. The normalized spacial score (nSPS) is 13.7. The van der Waals surface area contributed by atoms with Crippen LogP contribution in [-0.4, -0.2) is 23.7 Å². The fraction of sp³-hybridized carbons (Fsp3) is 0.500. The van der Waals surface area contributed by atoms with Gasteiger partial charge in [0.2, 0.25) is 0 Å². The molecule has 0 saturated heterocycles. The van der Waals surface area contributed by atoms with E-state index in [1.54, 1.807) is 13.0 Å². The number of carboxylic acids is 1. The molecular formula is C12H18N2O4. The van der Waals surface area contributed by atoms with Crippen LogP contribution in [0.2, 0.25) is 0 Å². The fourth-order valence-electron chi connectivity index (χ4n) is 1.34. The lowest BCUT2D eigenvalue weighted by Crippen LogP contribution is -2.40. The van der Waals surface area contributed by atoms with Crippen LogP contribution in [0.15, 0.2) is 16.5 Å². The molecule has 100 valence electrons. The number of aryl methyl sites for hydroxylation is 1. The molecule has 2 atom stereocenters. The van der Waals surface area contributed by atoms with Crippen LogP contribution in [0.5, 0.6) is 0 Å². The number of carbonyl (C=O) groups is 2. The van der Waals surface area contributed by atoms with Crippen LogP contribution in [0.4, 0.5) is 4.79 Å². The first-order valence-electron chi connectivity index (χ1n) is 5.73. The van der Waals surface area contributed by atoms with Gasteiger partial charge in [-0.25, -0.2) is 4.79 Å². The second kappa shape index (κ2) is 6.09. The van der Waals surface area contributed by atoms with E-state index in [4.69, 9.17) is 9.52 Å². The molecule has 0 aliphatic carbocycles. The minimum atomic E-state index is -0.940. The summed E-state index contributed by atoms with van der Waals surface area (Å²) in [5.74, 6) is -0.116. The lowest BCUT2D eigenvalue weighted by Gasteiger charge is -2.13. The summed E-state index contributed by atoms with van der Waals surface area (Å²) in [5, 5.41) is 13.8. The molecule has 6 nitrogen and oxygen atoms in total. The molecule has 0 radical (unpaired) electrons. The van der Waals surface area contributed by atoms with E-state index in [0.29, 0.717) is 5.76 Å². The van der Waals surface area contributed by atoms with E-state index in [0.717, 1.165) is 5.76 Å². The lowest BCUT2D eigenvalue weighted by atomic mass is 10.2. The van der Waals surface area contributed by atoms with Crippen LogP contribution in [0.25, 0.3) is 0 Å². The Kier molecular flexibility index (Phi) is 4.76. The molecule has 2 unspecified atom stereocenters. The van der Waals surface area contributed by atoms with Crippen molar-refractivity contribution in [3.63, 3.8) is 0 Å². The molecule has 1 rings (SSSR count). The molecule has 1 aromatic heterocycles. The average Bonchev–Trinajstić information content (AvgIpc) is 2.72.